The summed E-state index contributed by atoms with van der Waals surface area (Å²) in [6.45, 7) is 2.09. The number of carbonyl (C=O) groups excluding carboxylic acids is 1. The molecule has 1 aromatic heterocycles. The lowest BCUT2D eigenvalue weighted by molar-refractivity contribution is -0.137. The van der Waals surface area contributed by atoms with Crippen LogP contribution in [0.15, 0.2) is 12.5 Å². The number of fused-ring (bicyclic) bond motifs is 1. The third-order valence-corrected chi connectivity index (χ3v) is 4.59. The first-order valence-corrected chi connectivity index (χ1v) is 7.39. The van der Waals surface area contributed by atoms with Crippen molar-refractivity contribution in [2.45, 2.75) is 12.6 Å². The first kappa shape index (κ1) is 15.3. The van der Waals surface area contributed by atoms with Gasteiger partial charge in [-0.05, 0) is 17.8 Å². The summed E-state index contributed by atoms with van der Waals surface area (Å²) < 4.78 is 38.3. The van der Waals surface area contributed by atoms with Crippen LogP contribution in [-0.4, -0.2) is 52.7 Å². The summed E-state index contributed by atoms with van der Waals surface area (Å²) in [4.78, 5) is 17.7. The maximum absolute atomic E-state index is 12.2. The Morgan fingerprint density at radius 2 is 2.09 bits per heavy atom. The Morgan fingerprint density at radius 1 is 1.41 bits per heavy atom. The van der Waals surface area contributed by atoms with Gasteiger partial charge in [-0.3, -0.25) is 4.79 Å². The molecule has 1 saturated heterocycles. The van der Waals surface area contributed by atoms with Crippen LogP contribution in [0, 0.1) is 17.8 Å². The Hall–Kier alpha value is -1.57. The van der Waals surface area contributed by atoms with Crippen LogP contribution in [0.2, 0.25) is 0 Å². The number of aryl methyl sites for hydroxylation is 1. The van der Waals surface area contributed by atoms with Crippen LogP contribution in [0.3, 0.4) is 0 Å². The second-order valence-corrected chi connectivity index (χ2v) is 6.25. The van der Waals surface area contributed by atoms with E-state index in [1.165, 1.54) is 0 Å². The van der Waals surface area contributed by atoms with E-state index in [2.05, 4.69) is 10.3 Å². The maximum atomic E-state index is 12.2. The Labute approximate surface area is 126 Å². The second kappa shape index (κ2) is 5.57. The highest BCUT2D eigenvalue weighted by molar-refractivity contribution is 5.92. The third kappa shape index (κ3) is 3.43. The molecule has 5 nitrogen and oxygen atoms in total. The molecular formula is C14H19F3N4O. The Bertz CT molecular complexity index is 545. The van der Waals surface area contributed by atoms with Gasteiger partial charge >= 0.3 is 6.18 Å². The van der Waals surface area contributed by atoms with E-state index in [1.807, 2.05) is 4.90 Å². The molecule has 2 unspecified atom stereocenters. The second-order valence-electron chi connectivity index (χ2n) is 6.25. The van der Waals surface area contributed by atoms with Crippen molar-refractivity contribution in [3.63, 3.8) is 0 Å². The summed E-state index contributed by atoms with van der Waals surface area (Å²) in [5.41, 5.74) is 0.389. The number of rotatable bonds is 5. The number of carbonyl (C=O) groups is 1. The standard InChI is InChI=1S/C14H19F3N4O/c1-20-7-12(19-8-20)13(22)18-4-9-10-5-21(6-11(9)10)3-2-14(15,16)17/h7-11H,2-6H2,1H3,(H,18,22). The van der Waals surface area contributed by atoms with E-state index in [9.17, 15) is 18.0 Å². The summed E-state index contributed by atoms with van der Waals surface area (Å²) in [7, 11) is 1.80. The van der Waals surface area contributed by atoms with Gasteiger partial charge in [0.2, 0.25) is 0 Å². The zero-order valence-corrected chi connectivity index (χ0v) is 12.3. The predicted octanol–water partition coefficient (Wildman–Crippen LogP) is 1.28. The smallest absolute Gasteiger partial charge is 0.350 e. The molecular weight excluding hydrogens is 297 g/mol. The normalized spacial score (nSPS) is 27.7. The molecule has 0 radical (unpaired) electrons. The molecule has 0 aromatic carbocycles. The number of piperidine rings is 1. The Morgan fingerprint density at radius 3 is 2.64 bits per heavy atom. The van der Waals surface area contributed by atoms with Gasteiger partial charge in [-0.15, -0.1) is 0 Å². The molecule has 1 amide bonds. The summed E-state index contributed by atoms with van der Waals surface area (Å²) >= 11 is 0. The van der Waals surface area contributed by atoms with Gasteiger partial charge in [-0.1, -0.05) is 0 Å². The first-order chi connectivity index (χ1) is 10.3. The molecule has 1 aromatic rings. The third-order valence-electron chi connectivity index (χ3n) is 4.59. The van der Waals surface area contributed by atoms with Crippen molar-refractivity contribution in [3.8, 4) is 0 Å². The molecule has 8 heteroatoms. The summed E-state index contributed by atoms with van der Waals surface area (Å²) in [6.07, 6.45) is -1.60. The predicted molar refractivity (Wildman–Crippen MR) is 73.1 cm³/mol. The zero-order chi connectivity index (χ0) is 15.9. The fraction of sp³-hybridized carbons (Fsp3) is 0.714. The molecule has 0 bridgehead atoms. The number of hydrogen-bond donors (Lipinski definition) is 1. The minimum Gasteiger partial charge on any atom is -0.350 e. The zero-order valence-electron chi connectivity index (χ0n) is 12.3. The first-order valence-electron chi connectivity index (χ1n) is 7.39. The van der Waals surface area contributed by atoms with Crippen LogP contribution in [0.25, 0.3) is 0 Å². The number of hydrogen-bond acceptors (Lipinski definition) is 3. The number of amides is 1. The van der Waals surface area contributed by atoms with Crippen molar-refractivity contribution in [2.24, 2.45) is 24.8 Å². The Balaban J connectivity index is 1.37. The van der Waals surface area contributed by atoms with E-state index in [4.69, 9.17) is 0 Å². The lowest BCUT2D eigenvalue weighted by atomic mass is 10.2. The number of imidazole rings is 1. The molecule has 1 aliphatic heterocycles. The number of aromatic nitrogens is 2. The molecule has 1 aliphatic carbocycles. The van der Waals surface area contributed by atoms with Crippen molar-refractivity contribution >= 4 is 5.91 Å². The lowest BCUT2D eigenvalue weighted by Crippen LogP contribution is -2.32. The van der Waals surface area contributed by atoms with E-state index in [0.717, 1.165) is 0 Å². The van der Waals surface area contributed by atoms with E-state index >= 15 is 0 Å². The van der Waals surface area contributed by atoms with E-state index in [0.29, 0.717) is 43.1 Å². The molecule has 1 N–H and O–H groups in total. The number of likely N-dealkylation sites (tertiary alicyclic amines) is 1. The minimum absolute atomic E-state index is 0.0868. The highest BCUT2D eigenvalue weighted by atomic mass is 19.4. The van der Waals surface area contributed by atoms with Crippen molar-refractivity contribution in [3.05, 3.63) is 18.2 Å². The van der Waals surface area contributed by atoms with Gasteiger partial charge in [0.25, 0.3) is 5.91 Å². The average molecular weight is 316 g/mol. The molecule has 22 heavy (non-hydrogen) atoms. The summed E-state index contributed by atoms with van der Waals surface area (Å²) in [6, 6.07) is 0. The molecule has 3 rings (SSSR count). The monoisotopic (exact) mass is 316 g/mol. The fourth-order valence-corrected chi connectivity index (χ4v) is 3.34. The van der Waals surface area contributed by atoms with Crippen LogP contribution in [0.5, 0.6) is 0 Å². The van der Waals surface area contributed by atoms with Gasteiger partial charge < -0.3 is 14.8 Å². The van der Waals surface area contributed by atoms with Gasteiger partial charge in [-0.25, -0.2) is 4.98 Å². The van der Waals surface area contributed by atoms with E-state index in [-0.39, 0.29) is 12.5 Å². The molecule has 2 fully saturated rings. The molecule has 0 spiro atoms. The van der Waals surface area contributed by atoms with Crippen molar-refractivity contribution in [2.75, 3.05) is 26.2 Å². The summed E-state index contributed by atoms with van der Waals surface area (Å²) in [5, 5.41) is 2.86. The molecule has 2 atom stereocenters. The number of nitrogens with one attached hydrogen (secondary N) is 1. The largest absolute Gasteiger partial charge is 0.390 e. The number of nitrogens with zero attached hydrogens (tertiary/aromatic N) is 3. The van der Waals surface area contributed by atoms with Crippen LogP contribution in [0.4, 0.5) is 13.2 Å². The van der Waals surface area contributed by atoms with E-state index < -0.39 is 12.6 Å². The van der Waals surface area contributed by atoms with Crippen LogP contribution in [0.1, 0.15) is 16.9 Å². The van der Waals surface area contributed by atoms with Crippen LogP contribution < -0.4 is 5.32 Å². The van der Waals surface area contributed by atoms with Crippen LogP contribution >= 0.6 is 0 Å². The quantitative estimate of drug-likeness (QED) is 0.890. The van der Waals surface area contributed by atoms with E-state index in [1.54, 1.807) is 24.1 Å². The topological polar surface area (TPSA) is 50.2 Å². The fourth-order valence-electron chi connectivity index (χ4n) is 3.34. The molecule has 122 valence electrons. The van der Waals surface area contributed by atoms with Gasteiger partial charge in [0.05, 0.1) is 12.7 Å². The molecule has 2 aliphatic rings. The van der Waals surface area contributed by atoms with Gasteiger partial charge in [-0.2, -0.15) is 13.2 Å². The van der Waals surface area contributed by atoms with Crippen molar-refractivity contribution in [1.29, 1.82) is 0 Å². The highest BCUT2D eigenvalue weighted by Crippen LogP contribution is 2.51. The number of alkyl halides is 3. The van der Waals surface area contributed by atoms with Gasteiger partial charge in [0.15, 0.2) is 0 Å². The highest BCUT2D eigenvalue weighted by Gasteiger charge is 2.55. The Kier molecular flexibility index (Phi) is 3.88. The molecule has 1 saturated carbocycles. The summed E-state index contributed by atoms with van der Waals surface area (Å²) in [5.74, 6) is 1.06. The number of halogens is 3. The van der Waals surface area contributed by atoms with Crippen LogP contribution in [-0.2, 0) is 7.05 Å². The van der Waals surface area contributed by atoms with Gasteiger partial charge in [0, 0.05) is 39.4 Å². The van der Waals surface area contributed by atoms with Crippen molar-refractivity contribution in [1.82, 2.24) is 19.8 Å². The minimum atomic E-state index is -4.08. The average Bonchev–Trinajstić information content (AvgIpc) is 2.82. The van der Waals surface area contributed by atoms with Crippen molar-refractivity contribution < 1.29 is 18.0 Å². The SMILES string of the molecule is Cn1cnc(C(=O)NCC2C3CN(CCC(F)(F)F)CC23)c1. The lowest BCUT2D eigenvalue weighted by Gasteiger charge is -2.20. The maximum Gasteiger partial charge on any atom is 0.390 e. The molecule has 2 heterocycles. The van der Waals surface area contributed by atoms with Gasteiger partial charge in [0.1, 0.15) is 5.69 Å².